The van der Waals surface area contributed by atoms with E-state index in [4.69, 9.17) is 0 Å². The van der Waals surface area contributed by atoms with E-state index in [9.17, 15) is 0 Å². The molecule has 0 aromatic rings. The molecule has 0 bridgehead atoms. The summed E-state index contributed by atoms with van der Waals surface area (Å²) in [6.07, 6.45) is 0. The van der Waals surface area contributed by atoms with Gasteiger partial charge in [-0.05, 0) is 33.6 Å². The zero-order valence-corrected chi connectivity index (χ0v) is 8.28. The van der Waals surface area contributed by atoms with Gasteiger partial charge < -0.3 is 5.32 Å². The second-order valence-electron chi connectivity index (χ2n) is 4.72. The lowest BCUT2D eigenvalue weighted by Crippen LogP contribution is -2.44. The Morgan fingerprint density at radius 2 is 1.73 bits per heavy atom. The first kappa shape index (κ1) is 8.79. The summed E-state index contributed by atoms with van der Waals surface area (Å²) >= 11 is 0. The predicted octanol–water partition coefficient (Wildman–Crippen LogP) is 2.34. The molecule has 0 amide bonds. The van der Waals surface area contributed by atoms with E-state index in [0.717, 1.165) is 0 Å². The summed E-state index contributed by atoms with van der Waals surface area (Å²) in [6, 6.07) is 0. The molecule has 1 unspecified atom stereocenters. The molecule has 1 atom stereocenters. The van der Waals surface area contributed by atoms with E-state index in [0.29, 0.717) is 5.92 Å². The fraction of sp³-hybridized carbons (Fsp3) is 0.800. The van der Waals surface area contributed by atoms with E-state index in [1.165, 1.54) is 5.57 Å². The minimum absolute atomic E-state index is 0.114. The Bertz CT molecular complexity index is 189. The number of rotatable bonds is 0. The van der Waals surface area contributed by atoms with Crippen molar-refractivity contribution in [3.05, 3.63) is 12.2 Å². The van der Waals surface area contributed by atoms with Crippen LogP contribution < -0.4 is 5.32 Å². The highest BCUT2D eigenvalue weighted by atomic mass is 15.1. The molecular formula is C10H19N. The van der Waals surface area contributed by atoms with E-state index in [1.807, 2.05) is 0 Å². The molecule has 1 saturated heterocycles. The van der Waals surface area contributed by atoms with Crippen LogP contribution in [0.15, 0.2) is 12.2 Å². The molecule has 1 rings (SSSR count). The first-order valence-corrected chi connectivity index (χ1v) is 4.26. The molecule has 0 aliphatic carbocycles. The second-order valence-corrected chi connectivity index (χ2v) is 4.72. The Hall–Kier alpha value is -0.300. The minimum Gasteiger partial charge on any atom is -0.303 e. The highest BCUT2D eigenvalue weighted by Crippen LogP contribution is 2.38. The van der Waals surface area contributed by atoms with Gasteiger partial charge in [0.2, 0.25) is 0 Å². The van der Waals surface area contributed by atoms with E-state index in [-0.39, 0.29) is 11.1 Å². The van der Waals surface area contributed by atoms with E-state index >= 15 is 0 Å². The lowest BCUT2D eigenvalue weighted by Gasteiger charge is -2.25. The molecule has 1 heterocycles. The van der Waals surface area contributed by atoms with Crippen molar-refractivity contribution in [3.8, 4) is 0 Å². The summed E-state index contributed by atoms with van der Waals surface area (Å²) in [5, 5.41) is 3.57. The minimum atomic E-state index is 0.114. The molecule has 11 heavy (non-hydrogen) atoms. The molecule has 0 saturated carbocycles. The van der Waals surface area contributed by atoms with Gasteiger partial charge in [0.1, 0.15) is 0 Å². The zero-order valence-electron chi connectivity index (χ0n) is 8.28. The normalized spacial score (nSPS) is 34.3. The summed E-state index contributed by atoms with van der Waals surface area (Å²) in [5.74, 6) is 0.567. The zero-order chi connectivity index (χ0) is 8.86. The van der Waals surface area contributed by atoms with Gasteiger partial charge in [-0.15, -0.1) is 0 Å². The molecule has 1 aliphatic rings. The molecule has 1 N–H and O–H groups in total. The van der Waals surface area contributed by atoms with Crippen molar-refractivity contribution in [2.24, 2.45) is 5.92 Å². The van der Waals surface area contributed by atoms with Crippen LogP contribution >= 0.6 is 0 Å². The van der Waals surface area contributed by atoms with E-state index in [2.05, 4.69) is 46.5 Å². The highest BCUT2D eigenvalue weighted by molar-refractivity contribution is 5.27. The third kappa shape index (κ3) is 1.22. The highest BCUT2D eigenvalue weighted by Gasteiger charge is 2.44. The van der Waals surface area contributed by atoms with Crippen molar-refractivity contribution in [1.82, 2.24) is 5.32 Å². The van der Waals surface area contributed by atoms with Gasteiger partial charge in [-0.1, -0.05) is 19.1 Å². The first-order valence-electron chi connectivity index (χ1n) is 4.26. The topological polar surface area (TPSA) is 12.0 Å². The summed E-state index contributed by atoms with van der Waals surface area (Å²) in [7, 11) is 0. The maximum atomic E-state index is 4.12. The largest absolute Gasteiger partial charge is 0.303 e. The second kappa shape index (κ2) is 2.10. The number of hydrogen-bond donors (Lipinski definition) is 1. The molecule has 0 radical (unpaired) electrons. The predicted molar refractivity (Wildman–Crippen MR) is 49.6 cm³/mol. The van der Waals surface area contributed by atoms with Crippen molar-refractivity contribution >= 4 is 0 Å². The average molecular weight is 153 g/mol. The van der Waals surface area contributed by atoms with Gasteiger partial charge in [-0.3, -0.25) is 0 Å². The van der Waals surface area contributed by atoms with Gasteiger partial charge in [0.25, 0.3) is 0 Å². The lowest BCUT2D eigenvalue weighted by molar-refractivity contribution is 0.336. The van der Waals surface area contributed by atoms with Crippen LogP contribution in [0.3, 0.4) is 0 Å². The number of nitrogens with one attached hydrogen (secondary N) is 1. The Kier molecular flexibility index (Phi) is 1.68. The van der Waals surface area contributed by atoms with Gasteiger partial charge >= 0.3 is 0 Å². The van der Waals surface area contributed by atoms with Crippen molar-refractivity contribution < 1.29 is 0 Å². The molecule has 1 aliphatic heterocycles. The summed E-state index contributed by atoms with van der Waals surface area (Å²) in [4.78, 5) is 0. The fourth-order valence-electron chi connectivity index (χ4n) is 1.97. The van der Waals surface area contributed by atoms with Crippen LogP contribution in [0.1, 0.15) is 34.6 Å². The number of hydrogen-bond acceptors (Lipinski definition) is 1. The summed E-state index contributed by atoms with van der Waals surface area (Å²) in [6.45, 7) is 15.2. The SMILES string of the molecule is C=C1C(C)C(C)(C)NC1(C)C. The van der Waals surface area contributed by atoms with Crippen molar-refractivity contribution in [2.45, 2.75) is 45.7 Å². The third-order valence-electron chi connectivity index (χ3n) is 3.04. The molecule has 1 fully saturated rings. The Balaban J connectivity index is 2.96. The van der Waals surface area contributed by atoms with Crippen LogP contribution in [0.2, 0.25) is 0 Å². The fourth-order valence-corrected chi connectivity index (χ4v) is 1.97. The van der Waals surface area contributed by atoms with Crippen LogP contribution in [0, 0.1) is 5.92 Å². The third-order valence-corrected chi connectivity index (χ3v) is 3.04. The van der Waals surface area contributed by atoms with Crippen LogP contribution in [0.5, 0.6) is 0 Å². The molecule has 1 heteroatoms. The molecule has 0 aromatic heterocycles. The van der Waals surface area contributed by atoms with Crippen LogP contribution in [-0.2, 0) is 0 Å². The average Bonchev–Trinajstić information content (AvgIpc) is 1.91. The van der Waals surface area contributed by atoms with Gasteiger partial charge in [0.05, 0.1) is 0 Å². The van der Waals surface area contributed by atoms with E-state index in [1.54, 1.807) is 0 Å². The Morgan fingerprint density at radius 3 is 1.82 bits per heavy atom. The molecule has 1 nitrogen and oxygen atoms in total. The van der Waals surface area contributed by atoms with Crippen LogP contribution in [0.4, 0.5) is 0 Å². The Morgan fingerprint density at radius 1 is 1.27 bits per heavy atom. The molecule has 0 spiro atoms. The lowest BCUT2D eigenvalue weighted by atomic mass is 9.85. The quantitative estimate of drug-likeness (QED) is 0.527. The maximum Gasteiger partial charge on any atom is 0.0342 e. The summed E-state index contributed by atoms with van der Waals surface area (Å²) < 4.78 is 0. The van der Waals surface area contributed by atoms with Gasteiger partial charge in [0, 0.05) is 11.1 Å². The van der Waals surface area contributed by atoms with Crippen molar-refractivity contribution in [3.63, 3.8) is 0 Å². The Labute approximate surface area is 69.9 Å². The van der Waals surface area contributed by atoms with Gasteiger partial charge in [-0.2, -0.15) is 0 Å². The van der Waals surface area contributed by atoms with Crippen molar-refractivity contribution in [1.29, 1.82) is 0 Å². The van der Waals surface area contributed by atoms with Crippen molar-refractivity contribution in [2.75, 3.05) is 0 Å². The van der Waals surface area contributed by atoms with Crippen LogP contribution in [-0.4, -0.2) is 11.1 Å². The monoisotopic (exact) mass is 153 g/mol. The first-order chi connectivity index (χ1) is 4.77. The molecule has 0 aromatic carbocycles. The maximum absolute atomic E-state index is 4.12. The van der Waals surface area contributed by atoms with Gasteiger partial charge in [0.15, 0.2) is 0 Å². The van der Waals surface area contributed by atoms with Gasteiger partial charge in [-0.25, -0.2) is 0 Å². The smallest absolute Gasteiger partial charge is 0.0342 e. The summed E-state index contributed by atoms with van der Waals surface area (Å²) in [5.41, 5.74) is 1.64. The molecular weight excluding hydrogens is 134 g/mol. The molecule has 64 valence electrons. The van der Waals surface area contributed by atoms with Crippen LogP contribution in [0.25, 0.3) is 0 Å². The van der Waals surface area contributed by atoms with E-state index < -0.39 is 0 Å². The standard InChI is InChI=1S/C10H19N/c1-7-8(2)10(5,6)11-9(7,3)4/h8,11H,1H2,2-6H3.